The highest BCUT2D eigenvalue weighted by atomic mass is 16.2. The van der Waals surface area contributed by atoms with E-state index in [1.807, 2.05) is 0 Å². The van der Waals surface area contributed by atoms with Crippen molar-refractivity contribution < 1.29 is 4.79 Å². The summed E-state index contributed by atoms with van der Waals surface area (Å²) in [6, 6.07) is 4.38. The van der Waals surface area contributed by atoms with Gasteiger partial charge in [-0.1, -0.05) is 0 Å². The van der Waals surface area contributed by atoms with Crippen LogP contribution in [-0.4, -0.2) is 12.2 Å². The Hall–Kier alpha value is -2.04. The maximum atomic E-state index is 10.5. The van der Waals surface area contributed by atoms with Crippen molar-refractivity contribution in [3.8, 4) is 0 Å². The van der Waals surface area contributed by atoms with Crippen molar-refractivity contribution in [3.63, 3.8) is 0 Å². The fourth-order valence-electron chi connectivity index (χ4n) is 1.03. The Balaban J connectivity index is 2.94. The summed E-state index contributed by atoms with van der Waals surface area (Å²) in [5.74, 6) is 0. The number of amides is 2. The van der Waals surface area contributed by atoms with E-state index in [0.717, 1.165) is 0 Å². The van der Waals surface area contributed by atoms with Crippen LogP contribution >= 0.6 is 0 Å². The third kappa shape index (κ3) is 2.48. The Bertz CT molecular complexity index is 373. The van der Waals surface area contributed by atoms with Gasteiger partial charge in [0.15, 0.2) is 0 Å². The third-order valence-electron chi connectivity index (χ3n) is 1.56. The highest BCUT2D eigenvalue weighted by Crippen LogP contribution is 2.24. The second-order valence-corrected chi connectivity index (χ2v) is 2.65. The number of carbonyl (C=O) groups is 1. The van der Waals surface area contributed by atoms with E-state index < -0.39 is 6.03 Å². The number of anilines is 2. The van der Waals surface area contributed by atoms with Gasteiger partial charge in [0, 0.05) is 11.9 Å². The molecule has 74 valence electrons. The highest BCUT2D eigenvalue weighted by molar-refractivity contribution is 5.89. The number of benzene rings is 1. The van der Waals surface area contributed by atoms with Gasteiger partial charge in [-0.05, 0) is 25.1 Å². The van der Waals surface area contributed by atoms with Crippen molar-refractivity contribution in [1.82, 2.24) is 0 Å². The molecule has 0 saturated carbocycles. The molecule has 1 aromatic carbocycles. The molecule has 0 unspecified atom stereocenters. The number of nitrogens with zero attached hydrogens (tertiary/aromatic N) is 1. The third-order valence-corrected chi connectivity index (χ3v) is 1.56. The molecule has 0 aromatic heterocycles. The predicted octanol–water partition coefficient (Wildman–Crippen LogP) is 1.48. The molecule has 0 heterocycles. The summed E-state index contributed by atoms with van der Waals surface area (Å²) in [6.45, 7) is 1.80. The highest BCUT2D eigenvalue weighted by Gasteiger charge is 2.00. The summed E-state index contributed by atoms with van der Waals surface area (Å²) in [4.78, 5) is 14.6. The monoisotopic (exact) mass is 192 g/mol. The van der Waals surface area contributed by atoms with Crippen LogP contribution in [0.25, 0.3) is 0 Å². The van der Waals surface area contributed by atoms with Crippen molar-refractivity contribution in [2.75, 3.05) is 11.1 Å². The number of nitrogens with one attached hydrogen (secondary N) is 1. The zero-order chi connectivity index (χ0) is 10.6. The number of hydrogen-bond acceptors (Lipinski definition) is 3. The van der Waals surface area contributed by atoms with E-state index >= 15 is 0 Å². The van der Waals surface area contributed by atoms with E-state index in [4.69, 9.17) is 11.5 Å². The number of aliphatic imine (C=N–C) groups is 1. The second kappa shape index (κ2) is 4.27. The lowest BCUT2D eigenvalue weighted by atomic mass is 10.2. The van der Waals surface area contributed by atoms with Crippen LogP contribution in [0.15, 0.2) is 23.2 Å². The van der Waals surface area contributed by atoms with Crippen LogP contribution in [-0.2, 0) is 0 Å². The van der Waals surface area contributed by atoms with Gasteiger partial charge in [-0.3, -0.25) is 4.99 Å². The first-order chi connectivity index (χ1) is 6.63. The Morgan fingerprint density at radius 3 is 2.79 bits per heavy atom. The minimum atomic E-state index is -0.615. The molecule has 5 nitrogen and oxygen atoms in total. The smallest absolute Gasteiger partial charge is 0.316 e. The molecule has 0 aliphatic carbocycles. The summed E-state index contributed by atoms with van der Waals surface area (Å²) < 4.78 is 0. The molecule has 14 heavy (non-hydrogen) atoms. The number of rotatable bonds is 2. The zero-order valence-corrected chi connectivity index (χ0v) is 7.82. The molecule has 0 radical (unpaired) electrons. The molecule has 5 heteroatoms. The Morgan fingerprint density at radius 2 is 2.29 bits per heavy atom. The molecule has 5 N–H and O–H groups in total. The number of hydrogen-bond donors (Lipinski definition) is 3. The first-order valence-corrected chi connectivity index (χ1v) is 4.08. The number of urea groups is 1. The summed E-state index contributed by atoms with van der Waals surface area (Å²) in [5, 5.41) is 2.42. The van der Waals surface area contributed by atoms with E-state index in [0.29, 0.717) is 17.1 Å². The number of nitrogens with two attached hydrogens (primary N) is 2. The van der Waals surface area contributed by atoms with E-state index in [2.05, 4.69) is 10.3 Å². The van der Waals surface area contributed by atoms with Crippen molar-refractivity contribution >= 4 is 29.3 Å². The summed E-state index contributed by atoms with van der Waals surface area (Å²) in [7, 11) is 0. The van der Waals surface area contributed by atoms with E-state index in [-0.39, 0.29) is 0 Å². The number of nitrogen functional groups attached to an aromatic ring is 1. The van der Waals surface area contributed by atoms with Gasteiger partial charge in [-0.15, -0.1) is 0 Å². The van der Waals surface area contributed by atoms with Gasteiger partial charge in [0.05, 0.1) is 11.4 Å². The van der Waals surface area contributed by atoms with Crippen molar-refractivity contribution in [2.24, 2.45) is 10.7 Å². The maximum absolute atomic E-state index is 10.5. The van der Waals surface area contributed by atoms with E-state index in [9.17, 15) is 4.79 Å². The normalized spacial score (nSPS) is 10.4. The SMILES string of the molecule is CC=Nc1ccc(NC(N)=O)cc1N. The second-order valence-electron chi connectivity index (χ2n) is 2.65. The van der Waals surface area contributed by atoms with Gasteiger partial charge < -0.3 is 16.8 Å². The van der Waals surface area contributed by atoms with Crippen LogP contribution < -0.4 is 16.8 Å². The van der Waals surface area contributed by atoms with E-state index in [1.54, 1.807) is 31.3 Å². The molecule has 0 aliphatic rings. The summed E-state index contributed by atoms with van der Waals surface area (Å²) >= 11 is 0. The van der Waals surface area contributed by atoms with Gasteiger partial charge in [0.1, 0.15) is 0 Å². The molecular weight excluding hydrogens is 180 g/mol. The lowest BCUT2D eigenvalue weighted by molar-refractivity contribution is 0.259. The molecule has 2 amide bonds. The Labute approximate surface area is 81.8 Å². The average molecular weight is 192 g/mol. The topological polar surface area (TPSA) is 93.5 Å². The minimum Gasteiger partial charge on any atom is -0.397 e. The van der Waals surface area contributed by atoms with Gasteiger partial charge >= 0.3 is 6.03 Å². The molecule has 1 rings (SSSR count). The average Bonchev–Trinajstić information content (AvgIpc) is 2.09. The van der Waals surface area contributed by atoms with Crippen molar-refractivity contribution in [2.45, 2.75) is 6.92 Å². The molecule has 0 spiro atoms. The Morgan fingerprint density at radius 1 is 1.57 bits per heavy atom. The largest absolute Gasteiger partial charge is 0.397 e. The van der Waals surface area contributed by atoms with Crippen molar-refractivity contribution in [1.29, 1.82) is 0 Å². The number of carbonyl (C=O) groups excluding carboxylic acids is 1. The molecule has 0 atom stereocenters. The van der Waals surface area contributed by atoms with Gasteiger partial charge in [0.2, 0.25) is 0 Å². The minimum absolute atomic E-state index is 0.495. The first-order valence-electron chi connectivity index (χ1n) is 4.08. The van der Waals surface area contributed by atoms with Gasteiger partial charge in [-0.2, -0.15) is 0 Å². The van der Waals surface area contributed by atoms with Gasteiger partial charge in [-0.25, -0.2) is 4.79 Å². The predicted molar refractivity (Wildman–Crippen MR) is 57.9 cm³/mol. The standard InChI is InChI=1S/C9H12N4O/c1-2-12-8-4-3-6(5-7(8)10)13-9(11)14/h2-5H,10H2,1H3,(H3,11,13,14). The molecule has 0 fully saturated rings. The lowest BCUT2D eigenvalue weighted by Gasteiger charge is -2.04. The fourth-order valence-corrected chi connectivity index (χ4v) is 1.03. The first kappa shape index (κ1) is 10.0. The molecular formula is C9H12N4O. The lowest BCUT2D eigenvalue weighted by Crippen LogP contribution is -2.19. The molecule has 0 bridgehead atoms. The summed E-state index contributed by atoms with van der Waals surface area (Å²) in [5.41, 5.74) is 12.4. The molecule has 0 aliphatic heterocycles. The summed E-state index contributed by atoms with van der Waals surface area (Å²) in [6.07, 6.45) is 1.65. The maximum Gasteiger partial charge on any atom is 0.316 e. The quantitative estimate of drug-likeness (QED) is 0.489. The van der Waals surface area contributed by atoms with Crippen LogP contribution in [0.3, 0.4) is 0 Å². The van der Waals surface area contributed by atoms with Gasteiger partial charge in [0.25, 0.3) is 0 Å². The van der Waals surface area contributed by atoms with Crippen LogP contribution in [0.2, 0.25) is 0 Å². The van der Waals surface area contributed by atoms with Crippen molar-refractivity contribution in [3.05, 3.63) is 18.2 Å². The molecule has 0 saturated heterocycles. The van der Waals surface area contributed by atoms with Crippen LogP contribution in [0.5, 0.6) is 0 Å². The Kier molecular flexibility index (Phi) is 3.06. The zero-order valence-electron chi connectivity index (χ0n) is 7.82. The van der Waals surface area contributed by atoms with Crippen LogP contribution in [0, 0.1) is 0 Å². The van der Waals surface area contributed by atoms with Crippen LogP contribution in [0.4, 0.5) is 21.9 Å². The van der Waals surface area contributed by atoms with E-state index in [1.165, 1.54) is 0 Å². The fraction of sp³-hybridized carbons (Fsp3) is 0.111. The number of primary amides is 1. The molecule has 1 aromatic rings. The van der Waals surface area contributed by atoms with Crippen LogP contribution in [0.1, 0.15) is 6.92 Å².